The third kappa shape index (κ3) is 3.11. The largest absolute Gasteiger partial charge is 0.335 e. The summed E-state index contributed by atoms with van der Waals surface area (Å²) in [5.74, 6) is 1.05. The lowest BCUT2D eigenvalue weighted by Crippen LogP contribution is -2.15. The molecule has 2 rings (SSSR count). The zero-order valence-corrected chi connectivity index (χ0v) is 11.7. The highest BCUT2D eigenvalue weighted by Gasteiger charge is 2.25. The van der Waals surface area contributed by atoms with Crippen molar-refractivity contribution in [1.82, 2.24) is 0 Å². The van der Waals surface area contributed by atoms with Gasteiger partial charge < -0.3 is 5.32 Å². The Morgan fingerprint density at radius 2 is 2.27 bits per heavy atom. The van der Waals surface area contributed by atoms with Crippen LogP contribution in [0.1, 0.15) is 13.8 Å². The quantitative estimate of drug-likeness (QED) is 0.795. The van der Waals surface area contributed by atoms with E-state index in [2.05, 4.69) is 71.0 Å². The van der Waals surface area contributed by atoms with Gasteiger partial charge in [-0.3, -0.25) is 4.99 Å². The maximum atomic E-state index is 4.61. The molecule has 80 valence electrons. The first-order valence-corrected chi connectivity index (χ1v) is 6.87. The molecular weight excluding hydrogens is 319 g/mol. The summed E-state index contributed by atoms with van der Waals surface area (Å²) in [6, 6.07) is 8.32. The van der Waals surface area contributed by atoms with E-state index in [0.29, 0.717) is 0 Å². The number of halogens is 1. The van der Waals surface area contributed by atoms with Crippen molar-refractivity contribution in [2.75, 3.05) is 11.1 Å². The van der Waals surface area contributed by atoms with Crippen LogP contribution in [0.15, 0.2) is 29.3 Å². The second kappa shape index (κ2) is 4.33. The Hall–Kier alpha value is -0.230. The molecule has 0 unspecified atom stereocenters. The van der Waals surface area contributed by atoms with Crippen molar-refractivity contribution in [3.63, 3.8) is 0 Å². The molecule has 1 N–H and O–H groups in total. The minimum atomic E-state index is 0.0783. The molecule has 2 nitrogen and oxygen atoms in total. The van der Waals surface area contributed by atoms with Crippen LogP contribution in [0.4, 0.5) is 5.69 Å². The SMILES string of the molecule is CC1(C)CSC(Nc2cccc(I)c2)=N1. The molecule has 1 aromatic carbocycles. The Morgan fingerprint density at radius 3 is 2.87 bits per heavy atom. The van der Waals surface area contributed by atoms with Crippen LogP contribution < -0.4 is 5.32 Å². The highest BCUT2D eigenvalue weighted by Crippen LogP contribution is 2.27. The molecular formula is C11H13IN2S. The lowest BCUT2D eigenvalue weighted by atomic mass is 10.1. The Morgan fingerprint density at radius 1 is 1.47 bits per heavy atom. The standard InChI is InChI=1S/C11H13IN2S/c1-11(2)7-15-10(14-11)13-9-5-3-4-8(12)6-9/h3-6H,7H2,1-2H3,(H,13,14). The Labute approximate surface area is 108 Å². The second-order valence-electron chi connectivity index (χ2n) is 4.15. The molecule has 0 amide bonds. The van der Waals surface area contributed by atoms with Crippen LogP contribution in [0.5, 0.6) is 0 Å². The Balaban J connectivity index is 2.10. The van der Waals surface area contributed by atoms with E-state index in [-0.39, 0.29) is 5.54 Å². The van der Waals surface area contributed by atoms with Gasteiger partial charge in [0.1, 0.15) is 0 Å². The molecule has 0 fully saturated rings. The van der Waals surface area contributed by atoms with Crippen molar-refractivity contribution in [2.45, 2.75) is 19.4 Å². The van der Waals surface area contributed by atoms with Crippen molar-refractivity contribution in [3.8, 4) is 0 Å². The van der Waals surface area contributed by atoms with Crippen molar-refractivity contribution >= 4 is 45.2 Å². The zero-order valence-electron chi connectivity index (χ0n) is 8.75. The van der Waals surface area contributed by atoms with E-state index in [0.717, 1.165) is 16.6 Å². The van der Waals surface area contributed by atoms with Gasteiger partial charge in [0.15, 0.2) is 5.17 Å². The minimum absolute atomic E-state index is 0.0783. The summed E-state index contributed by atoms with van der Waals surface area (Å²) in [6.45, 7) is 4.31. The van der Waals surface area contributed by atoms with Gasteiger partial charge in [-0.2, -0.15) is 0 Å². The lowest BCUT2D eigenvalue weighted by molar-refractivity contribution is 0.605. The van der Waals surface area contributed by atoms with E-state index in [4.69, 9.17) is 0 Å². The molecule has 15 heavy (non-hydrogen) atoms. The van der Waals surface area contributed by atoms with Gasteiger partial charge in [0.2, 0.25) is 0 Å². The van der Waals surface area contributed by atoms with E-state index in [9.17, 15) is 0 Å². The van der Waals surface area contributed by atoms with Crippen molar-refractivity contribution in [3.05, 3.63) is 27.8 Å². The molecule has 0 radical (unpaired) electrons. The molecule has 1 aromatic rings. The van der Waals surface area contributed by atoms with Gasteiger partial charge in [0, 0.05) is 15.0 Å². The van der Waals surface area contributed by atoms with Crippen LogP contribution in [-0.4, -0.2) is 16.5 Å². The van der Waals surface area contributed by atoms with Gasteiger partial charge in [-0.15, -0.1) is 0 Å². The summed E-state index contributed by atoms with van der Waals surface area (Å²) in [7, 11) is 0. The van der Waals surface area contributed by atoms with Crippen LogP contribution in [0, 0.1) is 3.57 Å². The molecule has 0 saturated heterocycles. The van der Waals surface area contributed by atoms with Crippen molar-refractivity contribution in [1.29, 1.82) is 0 Å². The highest BCUT2D eigenvalue weighted by molar-refractivity contribution is 14.1. The van der Waals surface area contributed by atoms with Crippen molar-refractivity contribution in [2.24, 2.45) is 4.99 Å². The number of anilines is 1. The molecule has 0 saturated carbocycles. The molecule has 1 aliphatic rings. The van der Waals surface area contributed by atoms with E-state index >= 15 is 0 Å². The van der Waals surface area contributed by atoms with Gasteiger partial charge >= 0.3 is 0 Å². The number of nitrogens with one attached hydrogen (secondary N) is 1. The Kier molecular flexibility index (Phi) is 3.25. The third-order valence-electron chi connectivity index (χ3n) is 2.04. The summed E-state index contributed by atoms with van der Waals surface area (Å²) in [5.41, 5.74) is 1.19. The fourth-order valence-electron chi connectivity index (χ4n) is 1.34. The van der Waals surface area contributed by atoms with E-state index < -0.39 is 0 Å². The molecule has 0 aliphatic carbocycles. The maximum Gasteiger partial charge on any atom is 0.161 e. The number of aliphatic imine (C=N–C) groups is 1. The summed E-state index contributed by atoms with van der Waals surface area (Å²) in [6.07, 6.45) is 0. The van der Waals surface area contributed by atoms with Crippen LogP contribution in [-0.2, 0) is 0 Å². The van der Waals surface area contributed by atoms with Gasteiger partial charge in [0.25, 0.3) is 0 Å². The topological polar surface area (TPSA) is 24.4 Å². The highest BCUT2D eigenvalue weighted by atomic mass is 127. The number of thioether (sulfide) groups is 1. The first-order chi connectivity index (χ1) is 7.05. The minimum Gasteiger partial charge on any atom is -0.335 e. The molecule has 0 atom stereocenters. The van der Waals surface area contributed by atoms with Gasteiger partial charge in [-0.25, -0.2) is 0 Å². The summed E-state index contributed by atoms with van der Waals surface area (Å²) >= 11 is 4.10. The van der Waals surface area contributed by atoms with E-state index in [1.54, 1.807) is 11.8 Å². The second-order valence-corrected chi connectivity index (χ2v) is 6.36. The zero-order chi connectivity index (χ0) is 10.9. The molecule has 0 aromatic heterocycles. The smallest absolute Gasteiger partial charge is 0.161 e. The summed E-state index contributed by atoms with van der Waals surface area (Å²) < 4.78 is 1.24. The van der Waals surface area contributed by atoms with E-state index in [1.165, 1.54) is 3.57 Å². The van der Waals surface area contributed by atoms with Crippen LogP contribution in [0.25, 0.3) is 0 Å². The number of rotatable bonds is 1. The number of amidine groups is 1. The average molecular weight is 332 g/mol. The predicted molar refractivity (Wildman–Crippen MR) is 76.8 cm³/mol. The normalized spacial score (nSPS) is 18.7. The summed E-state index contributed by atoms with van der Waals surface area (Å²) in [5, 5.41) is 4.38. The third-order valence-corrected chi connectivity index (χ3v) is 4.03. The first kappa shape index (κ1) is 11.3. The maximum absolute atomic E-state index is 4.61. The van der Waals surface area contributed by atoms with Gasteiger partial charge in [-0.05, 0) is 54.6 Å². The number of benzene rings is 1. The molecule has 4 heteroatoms. The van der Waals surface area contributed by atoms with Gasteiger partial charge in [-0.1, -0.05) is 17.8 Å². The number of hydrogen-bond acceptors (Lipinski definition) is 3. The Bertz CT molecular complexity index is 401. The van der Waals surface area contributed by atoms with Gasteiger partial charge in [0.05, 0.1) is 5.54 Å². The number of nitrogens with zero attached hydrogens (tertiary/aromatic N) is 1. The molecule has 1 heterocycles. The molecule has 1 aliphatic heterocycles. The predicted octanol–water partition coefficient (Wildman–Crippen LogP) is 3.58. The van der Waals surface area contributed by atoms with Crippen LogP contribution in [0.2, 0.25) is 0 Å². The molecule has 0 bridgehead atoms. The van der Waals surface area contributed by atoms with Crippen LogP contribution >= 0.6 is 34.4 Å². The summed E-state index contributed by atoms with van der Waals surface area (Å²) in [4.78, 5) is 4.61. The average Bonchev–Trinajstić information content (AvgIpc) is 2.45. The van der Waals surface area contributed by atoms with Crippen molar-refractivity contribution < 1.29 is 0 Å². The lowest BCUT2D eigenvalue weighted by Gasteiger charge is -2.09. The monoisotopic (exact) mass is 332 g/mol. The van der Waals surface area contributed by atoms with E-state index in [1.807, 2.05) is 0 Å². The van der Waals surface area contributed by atoms with Crippen LogP contribution in [0.3, 0.4) is 0 Å². The molecule has 0 spiro atoms. The first-order valence-electron chi connectivity index (χ1n) is 4.80. The fourth-order valence-corrected chi connectivity index (χ4v) is 2.94. The number of hydrogen-bond donors (Lipinski definition) is 1. The fraction of sp³-hybridized carbons (Fsp3) is 0.364.